The standard InChI is InChI=1S/C13H17N5OS/c1-10-2-3-13(19)18(15-10)9-11-4-6-17(7-5-11)12-8-14-20-16-12/h2-3,8,11H,4-7,9H2,1H3. The van der Waals surface area contributed by atoms with E-state index in [2.05, 4.69) is 18.7 Å². The molecule has 0 N–H and O–H groups in total. The Kier molecular flexibility index (Phi) is 3.77. The van der Waals surface area contributed by atoms with Crippen LogP contribution in [-0.4, -0.2) is 31.6 Å². The lowest BCUT2D eigenvalue weighted by Crippen LogP contribution is -2.37. The lowest BCUT2D eigenvalue weighted by Gasteiger charge is -2.31. The van der Waals surface area contributed by atoms with E-state index in [-0.39, 0.29) is 5.56 Å². The van der Waals surface area contributed by atoms with E-state index in [1.807, 2.05) is 13.1 Å². The summed E-state index contributed by atoms with van der Waals surface area (Å²) in [4.78, 5) is 14.0. The highest BCUT2D eigenvalue weighted by atomic mass is 32.1. The molecule has 0 amide bonds. The molecule has 7 heteroatoms. The summed E-state index contributed by atoms with van der Waals surface area (Å²) in [5.41, 5.74) is 0.873. The molecule has 1 fully saturated rings. The molecule has 3 heterocycles. The summed E-state index contributed by atoms with van der Waals surface area (Å²) in [5, 5.41) is 4.31. The maximum Gasteiger partial charge on any atom is 0.266 e. The Hall–Kier alpha value is -1.76. The SMILES string of the molecule is Cc1ccc(=O)n(CC2CCN(c3cnsn3)CC2)n1. The van der Waals surface area contributed by atoms with Crippen LogP contribution in [0.1, 0.15) is 18.5 Å². The fraction of sp³-hybridized carbons (Fsp3) is 0.538. The first-order valence-corrected chi connectivity index (χ1v) is 7.52. The van der Waals surface area contributed by atoms with Crippen LogP contribution in [0.5, 0.6) is 0 Å². The zero-order chi connectivity index (χ0) is 13.9. The van der Waals surface area contributed by atoms with Gasteiger partial charge in [-0.3, -0.25) is 4.79 Å². The molecule has 1 aliphatic heterocycles. The summed E-state index contributed by atoms with van der Waals surface area (Å²) in [5.74, 6) is 1.48. The summed E-state index contributed by atoms with van der Waals surface area (Å²) < 4.78 is 9.90. The quantitative estimate of drug-likeness (QED) is 0.853. The molecule has 0 atom stereocenters. The van der Waals surface area contributed by atoms with Gasteiger partial charge in [0, 0.05) is 25.7 Å². The van der Waals surface area contributed by atoms with E-state index in [9.17, 15) is 4.79 Å². The van der Waals surface area contributed by atoms with Crippen molar-refractivity contribution in [2.75, 3.05) is 18.0 Å². The van der Waals surface area contributed by atoms with E-state index < -0.39 is 0 Å². The van der Waals surface area contributed by atoms with Crippen LogP contribution >= 0.6 is 11.7 Å². The lowest BCUT2D eigenvalue weighted by molar-refractivity contribution is 0.333. The first-order valence-electron chi connectivity index (χ1n) is 6.79. The van der Waals surface area contributed by atoms with E-state index in [1.54, 1.807) is 16.8 Å². The molecule has 0 unspecified atom stereocenters. The van der Waals surface area contributed by atoms with Gasteiger partial charge in [0.25, 0.3) is 5.56 Å². The second-order valence-corrected chi connectivity index (χ2v) is 5.75. The highest BCUT2D eigenvalue weighted by Crippen LogP contribution is 2.22. The van der Waals surface area contributed by atoms with Gasteiger partial charge in [0.2, 0.25) is 0 Å². The molecule has 0 bridgehead atoms. The molecule has 106 valence electrons. The Balaban J connectivity index is 1.61. The molecule has 6 nitrogen and oxygen atoms in total. The minimum Gasteiger partial charge on any atom is -0.354 e. The monoisotopic (exact) mass is 291 g/mol. The minimum absolute atomic E-state index is 0.0123. The van der Waals surface area contributed by atoms with E-state index in [1.165, 1.54) is 11.7 Å². The number of anilines is 1. The maximum atomic E-state index is 11.8. The van der Waals surface area contributed by atoms with Crippen molar-refractivity contribution in [2.24, 2.45) is 5.92 Å². The van der Waals surface area contributed by atoms with Crippen LogP contribution < -0.4 is 10.5 Å². The second-order valence-electron chi connectivity index (χ2n) is 5.19. The summed E-state index contributed by atoms with van der Waals surface area (Å²) in [6.07, 6.45) is 3.93. The highest BCUT2D eigenvalue weighted by molar-refractivity contribution is 6.99. The van der Waals surface area contributed by atoms with Crippen LogP contribution in [0.15, 0.2) is 23.1 Å². The van der Waals surface area contributed by atoms with E-state index in [4.69, 9.17) is 0 Å². The van der Waals surface area contributed by atoms with Gasteiger partial charge in [0.1, 0.15) is 0 Å². The van der Waals surface area contributed by atoms with Gasteiger partial charge in [-0.15, -0.1) is 0 Å². The number of aryl methyl sites for hydroxylation is 1. The minimum atomic E-state index is -0.0123. The van der Waals surface area contributed by atoms with Crippen molar-refractivity contribution in [2.45, 2.75) is 26.3 Å². The number of hydrogen-bond donors (Lipinski definition) is 0. The average Bonchev–Trinajstić information content (AvgIpc) is 2.98. The second kappa shape index (κ2) is 5.70. The number of piperidine rings is 1. The Morgan fingerprint density at radius 1 is 1.35 bits per heavy atom. The smallest absolute Gasteiger partial charge is 0.266 e. The number of aromatic nitrogens is 4. The van der Waals surface area contributed by atoms with E-state index in [0.717, 1.165) is 37.4 Å². The van der Waals surface area contributed by atoms with E-state index >= 15 is 0 Å². The molecule has 0 radical (unpaired) electrons. The van der Waals surface area contributed by atoms with Crippen molar-refractivity contribution in [3.8, 4) is 0 Å². The zero-order valence-corrected chi connectivity index (χ0v) is 12.2. The predicted octanol–water partition coefficient (Wildman–Crippen LogP) is 1.32. The van der Waals surface area contributed by atoms with Gasteiger partial charge in [-0.1, -0.05) is 0 Å². The number of rotatable bonds is 3. The van der Waals surface area contributed by atoms with Crippen LogP contribution in [-0.2, 0) is 6.54 Å². The normalized spacial score (nSPS) is 16.6. The molecule has 0 saturated carbocycles. The molecule has 1 aliphatic rings. The van der Waals surface area contributed by atoms with Gasteiger partial charge < -0.3 is 4.90 Å². The largest absolute Gasteiger partial charge is 0.354 e. The summed E-state index contributed by atoms with van der Waals surface area (Å²) in [6, 6.07) is 3.36. The molecule has 3 rings (SSSR count). The highest BCUT2D eigenvalue weighted by Gasteiger charge is 2.21. The van der Waals surface area contributed by atoms with Crippen molar-refractivity contribution < 1.29 is 0 Å². The third-order valence-corrected chi connectivity index (χ3v) is 4.19. The van der Waals surface area contributed by atoms with Gasteiger partial charge >= 0.3 is 0 Å². The molecule has 0 spiro atoms. The Morgan fingerprint density at radius 3 is 2.85 bits per heavy atom. The summed E-state index contributed by atoms with van der Waals surface area (Å²) >= 11 is 1.24. The van der Waals surface area contributed by atoms with Crippen molar-refractivity contribution >= 4 is 17.5 Å². The molecule has 20 heavy (non-hydrogen) atoms. The number of hydrogen-bond acceptors (Lipinski definition) is 6. The molecular weight excluding hydrogens is 274 g/mol. The van der Waals surface area contributed by atoms with Crippen LogP contribution in [0.3, 0.4) is 0 Å². The first-order chi connectivity index (χ1) is 9.72. The van der Waals surface area contributed by atoms with Crippen LogP contribution in [0, 0.1) is 12.8 Å². The molecule has 0 aliphatic carbocycles. The van der Waals surface area contributed by atoms with E-state index in [0.29, 0.717) is 12.5 Å². The van der Waals surface area contributed by atoms with Gasteiger partial charge in [-0.25, -0.2) is 4.68 Å². The van der Waals surface area contributed by atoms with Crippen molar-refractivity contribution in [1.29, 1.82) is 0 Å². The topological polar surface area (TPSA) is 63.9 Å². The summed E-state index contributed by atoms with van der Waals surface area (Å²) in [7, 11) is 0. The predicted molar refractivity (Wildman–Crippen MR) is 78.1 cm³/mol. The molecule has 2 aromatic heterocycles. The summed E-state index contributed by atoms with van der Waals surface area (Å²) in [6.45, 7) is 4.56. The van der Waals surface area contributed by atoms with Gasteiger partial charge in [0.05, 0.1) is 23.6 Å². The van der Waals surface area contributed by atoms with Crippen LogP contribution in [0.2, 0.25) is 0 Å². The molecule has 1 saturated heterocycles. The molecule has 2 aromatic rings. The van der Waals surface area contributed by atoms with Gasteiger partial charge in [-0.2, -0.15) is 13.8 Å². The van der Waals surface area contributed by atoms with Crippen molar-refractivity contribution in [3.63, 3.8) is 0 Å². The van der Waals surface area contributed by atoms with Crippen LogP contribution in [0.25, 0.3) is 0 Å². The Labute approximate surface area is 121 Å². The molecule has 0 aromatic carbocycles. The maximum absolute atomic E-state index is 11.8. The fourth-order valence-electron chi connectivity index (χ4n) is 2.57. The van der Waals surface area contributed by atoms with Gasteiger partial charge in [-0.05, 0) is 31.7 Å². The lowest BCUT2D eigenvalue weighted by atomic mass is 9.97. The third-order valence-electron chi connectivity index (χ3n) is 3.72. The molecular formula is C13H17N5OS. The van der Waals surface area contributed by atoms with Crippen molar-refractivity contribution in [3.05, 3.63) is 34.4 Å². The third kappa shape index (κ3) is 2.87. The Bertz CT molecular complexity index is 616. The first kappa shape index (κ1) is 13.2. The fourth-order valence-corrected chi connectivity index (χ4v) is 3.00. The van der Waals surface area contributed by atoms with Crippen molar-refractivity contribution in [1.82, 2.24) is 18.5 Å². The Morgan fingerprint density at radius 2 is 2.15 bits per heavy atom. The average molecular weight is 291 g/mol. The number of nitrogens with zero attached hydrogens (tertiary/aromatic N) is 5. The van der Waals surface area contributed by atoms with Crippen LogP contribution in [0.4, 0.5) is 5.82 Å². The van der Waals surface area contributed by atoms with Gasteiger partial charge in [0.15, 0.2) is 5.82 Å². The zero-order valence-electron chi connectivity index (χ0n) is 11.4.